The van der Waals surface area contributed by atoms with E-state index in [4.69, 9.17) is 0 Å². The van der Waals surface area contributed by atoms with Crippen LogP contribution in [0.3, 0.4) is 0 Å². The average Bonchev–Trinajstić information content (AvgIpc) is 2.62. The fourth-order valence-corrected chi connectivity index (χ4v) is 3.21. The maximum Gasteiger partial charge on any atom is 0.317 e. The molecular weight excluding hydrogens is 376 g/mol. The van der Waals surface area contributed by atoms with Gasteiger partial charge < -0.3 is 10.2 Å². The number of hydrogen-bond donors (Lipinski definition) is 2. The number of ketones is 1. The van der Waals surface area contributed by atoms with Gasteiger partial charge in [0.25, 0.3) is 0 Å². The fourth-order valence-electron chi connectivity index (χ4n) is 3.21. The topological polar surface area (TPSA) is 114 Å². The molecule has 29 heavy (non-hydrogen) atoms. The number of Topliss-reactive ketones (excluding diaryl/α,β-unsaturated/α-hetero) is 1. The first-order chi connectivity index (χ1) is 13.7. The van der Waals surface area contributed by atoms with E-state index in [1.54, 1.807) is 9.80 Å². The van der Waals surface area contributed by atoms with Gasteiger partial charge in [-0.2, -0.15) is 0 Å². The molecule has 0 unspecified atom stereocenters. The Bertz CT molecular complexity index is 725. The molecule has 1 aromatic heterocycles. The predicted octanol–water partition coefficient (Wildman–Crippen LogP) is 0.396. The van der Waals surface area contributed by atoms with Crippen molar-refractivity contribution < 1.29 is 24.6 Å². The minimum absolute atomic E-state index is 0.0737. The van der Waals surface area contributed by atoms with Crippen molar-refractivity contribution in [2.75, 3.05) is 45.8 Å². The number of nitrogens with zero attached hydrogens (tertiary/aromatic N) is 4. The second-order valence-electron chi connectivity index (χ2n) is 7.73. The predicted molar refractivity (Wildman–Crippen MR) is 106 cm³/mol. The van der Waals surface area contributed by atoms with Gasteiger partial charge in [0.2, 0.25) is 0 Å². The molecule has 0 fully saturated rings. The van der Waals surface area contributed by atoms with E-state index in [1.165, 1.54) is 0 Å². The molecule has 9 heteroatoms. The highest BCUT2D eigenvalue weighted by atomic mass is 16.4. The van der Waals surface area contributed by atoms with Crippen LogP contribution in [-0.2, 0) is 27.5 Å². The van der Waals surface area contributed by atoms with Crippen LogP contribution in [0.1, 0.15) is 25.2 Å². The molecule has 2 rings (SSSR count). The highest BCUT2D eigenvalue weighted by Gasteiger charge is 2.20. The minimum Gasteiger partial charge on any atom is -0.480 e. The number of aromatic nitrogens is 1. The molecule has 0 aliphatic carbocycles. The van der Waals surface area contributed by atoms with Crippen molar-refractivity contribution in [3.63, 3.8) is 0 Å². The summed E-state index contributed by atoms with van der Waals surface area (Å²) in [6, 6.07) is 5.63. The number of hydrogen-bond acceptors (Lipinski definition) is 7. The van der Waals surface area contributed by atoms with Gasteiger partial charge in [0.15, 0.2) is 0 Å². The quantitative estimate of drug-likeness (QED) is 0.664. The van der Waals surface area contributed by atoms with E-state index in [9.17, 15) is 24.6 Å². The van der Waals surface area contributed by atoms with E-state index in [-0.39, 0.29) is 31.3 Å². The van der Waals surface area contributed by atoms with Crippen LogP contribution in [0, 0.1) is 5.92 Å². The lowest BCUT2D eigenvalue weighted by Gasteiger charge is -2.30. The van der Waals surface area contributed by atoms with Crippen LogP contribution in [0.5, 0.6) is 0 Å². The summed E-state index contributed by atoms with van der Waals surface area (Å²) in [4.78, 5) is 44.9. The number of carbonyl (C=O) groups excluding carboxylic acids is 1. The zero-order valence-corrected chi connectivity index (χ0v) is 17.1. The summed E-state index contributed by atoms with van der Waals surface area (Å²) in [7, 11) is 0. The van der Waals surface area contributed by atoms with Crippen molar-refractivity contribution >= 4 is 17.7 Å². The number of rotatable bonds is 7. The second-order valence-corrected chi connectivity index (χ2v) is 7.73. The highest BCUT2D eigenvalue weighted by molar-refractivity contribution is 5.82. The molecule has 0 spiro atoms. The summed E-state index contributed by atoms with van der Waals surface area (Å²) in [5.41, 5.74) is 1.56. The SMILES string of the molecule is CC(C)C(=O)CN1CCN(CC(=O)O)CCN(CC(=O)O)Cc2cccc(n2)C1. The minimum atomic E-state index is -0.934. The Kier molecular flexibility index (Phi) is 8.69. The third-order valence-corrected chi connectivity index (χ3v) is 4.84. The van der Waals surface area contributed by atoms with Gasteiger partial charge in [-0.05, 0) is 12.1 Å². The van der Waals surface area contributed by atoms with E-state index in [0.29, 0.717) is 39.3 Å². The van der Waals surface area contributed by atoms with Gasteiger partial charge in [-0.25, -0.2) is 0 Å². The Labute approximate surface area is 170 Å². The molecule has 0 atom stereocenters. The molecule has 0 radical (unpaired) electrons. The first kappa shape index (κ1) is 22.9. The summed E-state index contributed by atoms with van der Waals surface area (Å²) >= 11 is 0. The zero-order valence-electron chi connectivity index (χ0n) is 17.1. The smallest absolute Gasteiger partial charge is 0.317 e. The van der Waals surface area contributed by atoms with Crippen molar-refractivity contribution in [3.8, 4) is 0 Å². The van der Waals surface area contributed by atoms with Gasteiger partial charge in [-0.3, -0.25) is 34.1 Å². The molecule has 2 bridgehead atoms. The van der Waals surface area contributed by atoms with Gasteiger partial charge in [-0.1, -0.05) is 19.9 Å². The molecule has 160 valence electrons. The molecule has 0 saturated carbocycles. The molecule has 0 amide bonds. The monoisotopic (exact) mass is 406 g/mol. The maximum atomic E-state index is 12.3. The zero-order chi connectivity index (χ0) is 21.4. The molecule has 0 aromatic carbocycles. The van der Waals surface area contributed by atoms with Gasteiger partial charge in [0.1, 0.15) is 5.78 Å². The average molecular weight is 406 g/mol. The van der Waals surface area contributed by atoms with Crippen molar-refractivity contribution in [1.29, 1.82) is 0 Å². The van der Waals surface area contributed by atoms with Crippen LogP contribution in [0.25, 0.3) is 0 Å². The van der Waals surface area contributed by atoms with Crippen molar-refractivity contribution in [2.45, 2.75) is 26.9 Å². The summed E-state index contributed by atoms with van der Waals surface area (Å²) in [5, 5.41) is 18.4. The third kappa shape index (κ3) is 8.26. The Morgan fingerprint density at radius 3 is 1.79 bits per heavy atom. The summed E-state index contributed by atoms with van der Waals surface area (Å²) in [5.74, 6) is -1.81. The van der Waals surface area contributed by atoms with Gasteiger partial charge in [-0.15, -0.1) is 0 Å². The standard InChI is InChI=1S/C20H30N4O5/c1-15(2)18(25)12-23-8-6-22(13-19(26)27)7-9-24(14-20(28)29)11-17-5-3-4-16(10-23)21-17/h3-5,15H,6-14H2,1-2H3,(H,26,27)(H,28,29). The fraction of sp³-hybridized carbons (Fsp3) is 0.600. The number of fused-ring (bicyclic) bond motifs is 2. The van der Waals surface area contributed by atoms with E-state index < -0.39 is 11.9 Å². The van der Waals surface area contributed by atoms with Gasteiger partial charge in [0, 0.05) is 45.2 Å². The molecule has 1 aromatic rings. The number of carboxylic acid groups (broad SMARTS) is 2. The van der Waals surface area contributed by atoms with Crippen molar-refractivity contribution in [1.82, 2.24) is 19.7 Å². The van der Waals surface area contributed by atoms with Gasteiger partial charge >= 0.3 is 11.9 Å². The Morgan fingerprint density at radius 2 is 1.31 bits per heavy atom. The maximum absolute atomic E-state index is 12.3. The number of carbonyl (C=O) groups is 3. The lowest BCUT2D eigenvalue weighted by molar-refractivity contribution is -0.140. The van der Waals surface area contributed by atoms with Crippen molar-refractivity contribution in [2.24, 2.45) is 5.92 Å². The molecule has 2 heterocycles. The molecule has 9 nitrogen and oxygen atoms in total. The van der Waals surface area contributed by atoms with E-state index in [2.05, 4.69) is 4.98 Å². The molecule has 0 saturated heterocycles. The first-order valence-electron chi connectivity index (χ1n) is 9.81. The number of aliphatic carboxylic acids is 2. The molecule has 1 aliphatic heterocycles. The third-order valence-electron chi connectivity index (χ3n) is 4.84. The molecular formula is C20H30N4O5. The summed E-state index contributed by atoms with van der Waals surface area (Å²) in [6.45, 7) is 6.43. The van der Waals surface area contributed by atoms with Crippen molar-refractivity contribution in [3.05, 3.63) is 29.6 Å². The largest absolute Gasteiger partial charge is 0.480 e. The van der Waals surface area contributed by atoms with Gasteiger partial charge in [0.05, 0.1) is 31.0 Å². The van der Waals surface area contributed by atoms with Crippen LogP contribution in [0.4, 0.5) is 0 Å². The van der Waals surface area contributed by atoms with E-state index in [1.807, 2.05) is 36.9 Å². The number of pyridine rings is 1. The number of carboxylic acids is 2. The molecule has 1 aliphatic rings. The van der Waals surface area contributed by atoms with Crippen LogP contribution in [0.15, 0.2) is 18.2 Å². The van der Waals surface area contributed by atoms with E-state index >= 15 is 0 Å². The van der Waals surface area contributed by atoms with Crippen LogP contribution in [-0.4, -0.2) is 93.4 Å². The van der Waals surface area contributed by atoms with E-state index in [0.717, 1.165) is 11.4 Å². The Hall–Kier alpha value is -2.36. The lowest BCUT2D eigenvalue weighted by atomic mass is 10.1. The van der Waals surface area contributed by atoms with Crippen LogP contribution < -0.4 is 0 Å². The summed E-state index contributed by atoms with van der Waals surface area (Å²) in [6.07, 6.45) is 0. The Balaban J connectivity index is 2.25. The van der Waals surface area contributed by atoms with Crippen LogP contribution >= 0.6 is 0 Å². The van der Waals surface area contributed by atoms with Crippen LogP contribution in [0.2, 0.25) is 0 Å². The normalized spacial score (nSPS) is 17.5. The second kappa shape index (κ2) is 11.0. The lowest BCUT2D eigenvalue weighted by Crippen LogP contribution is -2.44. The first-order valence-corrected chi connectivity index (χ1v) is 9.81. The molecule has 2 N–H and O–H groups in total. The highest BCUT2D eigenvalue weighted by Crippen LogP contribution is 2.10. The Morgan fingerprint density at radius 1 is 0.862 bits per heavy atom. The summed E-state index contributed by atoms with van der Waals surface area (Å²) < 4.78 is 0.